The quantitative estimate of drug-likeness (QED) is 0.914. The van der Waals surface area contributed by atoms with E-state index in [1.807, 2.05) is 36.6 Å². The van der Waals surface area contributed by atoms with Crippen LogP contribution in [0.4, 0.5) is 0 Å². The number of rotatable bonds is 5. The number of nitrogens with one attached hydrogen (secondary N) is 1. The van der Waals surface area contributed by atoms with Crippen molar-refractivity contribution in [2.75, 3.05) is 6.54 Å². The Bertz CT molecular complexity index is 654. The van der Waals surface area contributed by atoms with Gasteiger partial charge in [-0.15, -0.1) is 11.3 Å². The predicted octanol–water partition coefficient (Wildman–Crippen LogP) is 3.08. The van der Waals surface area contributed by atoms with Gasteiger partial charge in [0.2, 0.25) is 0 Å². The summed E-state index contributed by atoms with van der Waals surface area (Å²) in [4.78, 5) is 16.2. The summed E-state index contributed by atoms with van der Waals surface area (Å²) >= 11 is 1.59. The van der Waals surface area contributed by atoms with Gasteiger partial charge in [0.25, 0.3) is 5.91 Å². The van der Waals surface area contributed by atoms with Gasteiger partial charge in [-0.25, -0.2) is 4.98 Å². The lowest BCUT2D eigenvalue weighted by atomic mass is 10.2. The first-order chi connectivity index (χ1) is 11.2. The van der Waals surface area contributed by atoms with Crippen LogP contribution in [0.25, 0.3) is 0 Å². The Morgan fingerprint density at radius 3 is 2.78 bits per heavy atom. The third kappa shape index (κ3) is 4.45. The maximum atomic E-state index is 11.9. The van der Waals surface area contributed by atoms with Crippen LogP contribution in [0.2, 0.25) is 0 Å². The standard InChI is InChI=1S/C17H20N2O3S/c1-12-11-23-16(19-12)10-21-13-5-7-14(8-6-13)22-15-4-2-3-9-18-17(15)20/h5-8,11,15H,2-4,9-10H2,1H3,(H,18,20)/t15-/m0/s1. The summed E-state index contributed by atoms with van der Waals surface area (Å²) in [5.74, 6) is 1.42. The molecule has 6 heteroatoms. The zero-order valence-corrected chi connectivity index (χ0v) is 13.9. The van der Waals surface area contributed by atoms with E-state index < -0.39 is 6.10 Å². The van der Waals surface area contributed by atoms with Gasteiger partial charge in [0.1, 0.15) is 23.1 Å². The van der Waals surface area contributed by atoms with E-state index in [-0.39, 0.29) is 5.91 Å². The second-order valence-electron chi connectivity index (χ2n) is 5.54. The molecule has 1 aromatic carbocycles. The second-order valence-corrected chi connectivity index (χ2v) is 6.48. The van der Waals surface area contributed by atoms with E-state index >= 15 is 0 Å². The van der Waals surface area contributed by atoms with Gasteiger partial charge in [-0.05, 0) is 50.5 Å². The molecule has 0 spiro atoms. The third-order valence-corrected chi connectivity index (χ3v) is 4.56. The Morgan fingerprint density at radius 1 is 1.26 bits per heavy atom. The molecule has 2 aromatic rings. The third-order valence-electron chi connectivity index (χ3n) is 3.62. The Kier molecular flexibility index (Phi) is 5.12. The minimum absolute atomic E-state index is 0.0260. The molecular formula is C17H20N2O3S. The summed E-state index contributed by atoms with van der Waals surface area (Å²) in [5.41, 5.74) is 1.01. The average molecular weight is 332 g/mol. The monoisotopic (exact) mass is 332 g/mol. The lowest BCUT2D eigenvalue weighted by Crippen LogP contribution is -2.36. The van der Waals surface area contributed by atoms with Crippen molar-refractivity contribution in [1.82, 2.24) is 10.3 Å². The zero-order valence-electron chi connectivity index (χ0n) is 13.1. The number of amides is 1. The number of hydrogen-bond acceptors (Lipinski definition) is 5. The van der Waals surface area contributed by atoms with Crippen LogP contribution in [0, 0.1) is 6.92 Å². The molecule has 3 rings (SSSR count). The summed E-state index contributed by atoms with van der Waals surface area (Å²) < 4.78 is 11.5. The van der Waals surface area contributed by atoms with Crippen molar-refractivity contribution in [3.63, 3.8) is 0 Å². The van der Waals surface area contributed by atoms with Crippen molar-refractivity contribution in [2.24, 2.45) is 0 Å². The van der Waals surface area contributed by atoms with E-state index in [1.165, 1.54) is 0 Å². The molecule has 1 aromatic heterocycles. The highest BCUT2D eigenvalue weighted by atomic mass is 32.1. The molecular weight excluding hydrogens is 312 g/mol. The van der Waals surface area contributed by atoms with Crippen molar-refractivity contribution in [3.8, 4) is 11.5 Å². The lowest BCUT2D eigenvalue weighted by molar-refractivity contribution is -0.127. The molecule has 0 bridgehead atoms. The molecule has 23 heavy (non-hydrogen) atoms. The summed E-state index contributed by atoms with van der Waals surface area (Å²) in [6.45, 7) is 3.17. The fourth-order valence-corrected chi connectivity index (χ4v) is 3.10. The van der Waals surface area contributed by atoms with Crippen LogP contribution in [0.3, 0.4) is 0 Å². The topological polar surface area (TPSA) is 60.5 Å². The van der Waals surface area contributed by atoms with E-state index in [2.05, 4.69) is 10.3 Å². The average Bonchev–Trinajstić information content (AvgIpc) is 2.87. The highest BCUT2D eigenvalue weighted by Crippen LogP contribution is 2.22. The number of hydrogen-bond donors (Lipinski definition) is 1. The van der Waals surface area contributed by atoms with E-state index in [9.17, 15) is 4.79 Å². The van der Waals surface area contributed by atoms with Gasteiger partial charge in [0.15, 0.2) is 6.10 Å². The van der Waals surface area contributed by atoms with Crippen LogP contribution in [0.1, 0.15) is 30.0 Å². The number of aryl methyl sites for hydroxylation is 1. The predicted molar refractivity (Wildman–Crippen MR) is 88.9 cm³/mol. The van der Waals surface area contributed by atoms with Crippen molar-refractivity contribution in [3.05, 3.63) is 40.3 Å². The zero-order chi connectivity index (χ0) is 16.1. The molecule has 122 valence electrons. The summed E-state index contributed by atoms with van der Waals surface area (Å²) in [7, 11) is 0. The molecule has 1 saturated heterocycles. The Balaban J connectivity index is 1.55. The van der Waals surface area contributed by atoms with Crippen molar-refractivity contribution in [1.29, 1.82) is 0 Å². The maximum Gasteiger partial charge on any atom is 0.261 e. The van der Waals surface area contributed by atoms with Crippen molar-refractivity contribution < 1.29 is 14.3 Å². The second kappa shape index (κ2) is 7.46. The van der Waals surface area contributed by atoms with Crippen LogP contribution < -0.4 is 14.8 Å². The fourth-order valence-electron chi connectivity index (χ4n) is 2.42. The molecule has 1 aliphatic heterocycles. The first-order valence-electron chi connectivity index (χ1n) is 7.79. The first kappa shape index (κ1) is 15.8. The highest BCUT2D eigenvalue weighted by molar-refractivity contribution is 7.09. The Hall–Kier alpha value is -2.08. The maximum absolute atomic E-state index is 11.9. The van der Waals surface area contributed by atoms with Gasteiger partial charge < -0.3 is 14.8 Å². The first-order valence-corrected chi connectivity index (χ1v) is 8.67. The summed E-state index contributed by atoms with van der Waals surface area (Å²) in [5, 5.41) is 5.84. The molecule has 0 saturated carbocycles. The fraction of sp³-hybridized carbons (Fsp3) is 0.412. The molecule has 1 fully saturated rings. The van der Waals surface area contributed by atoms with E-state index in [4.69, 9.17) is 9.47 Å². The smallest absolute Gasteiger partial charge is 0.261 e. The van der Waals surface area contributed by atoms with E-state index in [1.54, 1.807) is 11.3 Å². The molecule has 0 aliphatic carbocycles. The number of thiazole rings is 1. The van der Waals surface area contributed by atoms with Gasteiger partial charge in [-0.1, -0.05) is 0 Å². The summed E-state index contributed by atoms with van der Waals surface area (Å²) in [6.07, 6.45) is 2.36. The number of nitrogens with zero attached hydrogens (tertiary/aromatic N) is 1. The minimum Gasteiger partial charge on any atom is -0.486 e. The molecule has 5 nitrogen and oxygen atoms in total. The van der Waals surface area contributed by atoms with Crippen LogP contribution in [-0.4, -0.2) is 23.5 Å². The number of carbonyl (C=O) groups is 1. The lowest BCUT2D eigenvalue weighted by Gasteiger charge is -2.16. The molecule has 2 heterocycles. The number of carbonyl (C=O) groups excluding carboxylic acids is 1. The van der Waals surface area contributed by atoms with Gasteiger partial charge in [0, 0.05) is 17.6 Å². The van der Waals surface area contributed by atoms with Crippen LogP contribution in [0.15, 0.2) is 29.6 Å². The highest BCUT2D eigenvalue weighted by Gasteiger charge is 2.22. The normalized spacial score (nSPS) is 18.1. The Morgan fingerprint density at radius 2 is 2.04 bits per heavy atom. The number of aromatic nitrogens is 1. The van der Waals surface area contributed by atoms with Gasteiger partial charge in [-0.3, -0.25) is 4.79 Å². The number of benzene rings is 1. The van der Waals surface area contributed by atoms with E-state index in [0.29, 0.717) is 12.4 Å². The van der Waals surface area contributed by atoms with Crippen molar-refractivity contribution in [2.45, 2.75) is 38.9 Å². The summed E-state index contributed by atoms with van der Waals surface area (Å²) in [6, 6.07) is 7.37. The van der Waals surface area contributed by atoms with Crippen LogP contribution in [-0.2, 0) is 11.4 Å². The largest absolute Gasteiger partial charge is 0.486 e. The minimum atomic E-state index is -0.400. The van der Waals surface area contributed by atoms with Crippen molar-refractivity contribution >= 4 is 17.2 Å². The van der Waals surface area contributed by atoms with E-state index in [0.717, 1.165) is 42.3 Å². The molecule has 1 aliphatic rings. The SMILES string of the molecule is Cc1csc(COc2ccc(O[C@H]3CCCCNC3=O)cc2)n1. The Labute approximate surface area is 139 Å². The van der Waals surface area contributed by atoms with Gasteiger partial charge >= 0.3 is 0 Å². The van der Waals surface area contributed by atoms with Crippen LogP contribution >= 0.6 is 11.3 Å². The molecule has 1 atom stereocenters. The molecule has 1 N–H and O–H groups in total. The van der Waals surface area contributed by atoms with Gasteiger partial charge in [0.05, 0.1) is 0 Å². The molecule has 0 radical (unpaired) electrons. The van der Waals surface area contributed by atoms with Crippen LogP contribution in [0.5, 0.6) is 11.5 Å². The van der Waals surface area contributed by atoms with Gasteiger partial charge in [-0.2, -0.15) is 0 Å². The number of ether oxygens (including phenoxy) is 2. The molecule has 0 unspecified atom stereocenters. The molecule has 1 amide bonds.